The number of halogens is 1. The van der Waals surface area contributed by atoms with Crippen LogP contribution in [0.5, 0.6) is 5.75 Å². The second kappa shape index (κ2) is 7.14. The Bertz CT molecular complexity index is 720. The van der Waals surface area contributed by atoms with Gasteiger partial charge in [0, 0.05) is 5.02 Å². The van der Waals surface area contributed by atoms with Crippen LogP contribution in [-0.2, 0) is 4.79 Å². The molecule has 0 radical (unpaired) electrons. The first-order valence-electron chi connectivity index (χ1n) is 6.96. The third-order valence-corrected chi connectivity index (χ3v) is 3.57. The van der Waals surface area contributed by atoms with Gasteiger partial charge in [-0.15, -0.1) is 0 Å². The van der Waals surface area contributed by atoms with Crippen molar-refractivity contribution < 1.29 is 14.6 Å². The maximum absolute atomic E-state index is 11.6. The molecule has 0 fully saturated rings. The van der Waals surface area contributed by atoms with Gasteiger partial charge in [0.2, 0.25) is 0 Å². The molecule has 0 unspecified atom stereocenters. The van der Waals surface area contributed by atoms with Crippen molar-refractivity contribution in [3.8, 4) is 5.75 Å². The zero-order valence-corrected chi connectivity index (χ0v) is 13.2. The van der Waals surface area contributed by atoms with E-state index in [1.165, 1.54) is 0 Å². The van der Waals surface area contributed by atoms with E-state index in [2.05, 4.69) is 0 Å². The fourth-order valence-corrected chi connectivity index (χ4v) is 2.34. The molecule has 4 heteroatoms. The summed E-state index contributed by atoms with van der Waals surface area (Å²) in [5, 5.41) is 10.0. The Kier molecular flexibility index (Phi) is 5.23. The van der Waals surface area contributed by atoms with Crippen LogP contribution in [0.1, 0.15) is 23.6 Å². The number of carboxylic acid groups (broad SMARTS) is 1. The van der Waals surface area contributed by atoms with Crippen molar-refractivity contribution in [2.45, 2.75) is 13.8 Å². The summed E-state index contributed by atoms with van der Waals surface area (Å²) >= 11 is 6.10. The highest BCUT2D eigenvalue weighted by atomic mass is 35.5. The SMILES string of the molecule is CCOc1ccc(/C(=C/c2ccccc2Cl)C(=O)O)cc1C. The molecule has 0 bridgehead atoms. The van der Waals surface area contributed by atoms with Gasteiger partial charge in [0.15, 0.2) is 0 Å². The van der Waals surface area contributed by atoms with Crippen molar-refractivity contribution in [1.29, 1.82) is 0 Å². The number of carboxylic acids is 1. The first-order valence-corrected chi connectivity index (χ1v) is 7.34. The molecule has 0 aliphatic carbocycles. The van der Waals surface area contributed by atoms with Crippen molar-refractivity contribution in [1.82, 2.24) is 0 Å². The molecule has 0 heterocycles. The number of carbonyl (C=O) groups is 1. The Labute approximate surface area is 134 Å². The third kappa shape index (κ3) is 3.68. The summed E-state index contributed by atoms with van der Waals surface area (Å²) in [6.07, 6.45) is 1.58. The molecule has 0 saturated carbocycles. The summed E-state index contributed by atoms with van der Waals surface area (Å²) in [5.41, 5.74) is 2.38. The summed E-state index contributed by atoms with van der Waals surface area (Å²) < 4.78 is 5.48. The van der Waals surface area contributed by atoms with Crippen LogP contribution in [0.4, 0.5) is 0 Å². The molecule has 0 aliphatic heterocycles. The number of hydrogen-bond acceptors (Lipinski definition) is 2. The van der Waals surface area contributed by atoms with Gasteiger partial charge in [-0.25, -0.2) is 4.79 Å². The lowest BCUT2D eigenvalue weighted by Gasteiger charge is -2.10. The van der Waals surface area contributed by atoms with Crippen molar-refractivity contribution in [2.24, 2.45) is 0 Å². The van der Waals surface area contributed by atoms with E-state index in [-0.39, 0.29) is 5.57 Å². The monoisotopic (exact) mass is 316 g/mol. The Hall–Kier alpha value is -2.26. The van der Waals surface area contributed by atoms with Crippen molar-refractivity contribution in [2.75, 3.05) is 6.61 Å². The number of aliphatic carboxylic acids is 1. The second-order valence-electron chi connectivity index (χ2n) is 4.80. The number of benzene rings is 2. The van der Waals surface area contributed by atoms with Crippen LogP contribution in [0.25, 0.3) is 11.6 Å². The molecule has 2 aromatic carbocycles. The zero-order valence-electron chi connectivity index (χ0n) is 12.5. The lowest BCUT2D eigenvalue weighted by atomic mass is 10.0. The smallest absolute Gasteiger partial charge is 0.336 e. The molecular weight excluding hydrogens is 300 g/mol. The number of hydrogen-bond donors (Lipinski definition) is 1. The molecule has 0 saturated heterocycles. The van der Waals surface area contributed by atoms with E-state index in [0.29, 0.717) is 22.8 Å². The zero-order chi connectivity index (χ0) is 16.1. The second-order valence-corrected chi connectivity index (χ2v) is 5.21. The average Bonchev–Trinajstić information content (AvgIpc) is 2.48. The minimum atomic E-state index is -0.997. The molecule has 0 spiro atoms. The lowest BCUT2D eigenvalue weighted by Crippen LogP contribution is -2.01. The summed E-state index contributed by atoms with van der Waals surface area (Å²) in [6, 6.07) is 12.5. The molecular formula is C18H17ClO3. The third-order valence-electron chi connectivity index (χ3n) is 3.22. The van der Waals surface area contributed by atoms with E-state index < -0.39 is 5.97 Å². The maximum Gasteiger partial charge on any atom is 0.336 e. The standard InChI is InChI=1S/C18H17ClO3/c1-3-22-17-9-8-13(10-12(17)2)15(18(20)21)11-14-6-4-5-7-16(14)19/h4-11H,3H2,1-2H3,(H,20,21)/b15-11-. The van der Waals surface area contributed by atoms with Crippen LogP contribution in [0, 0.1) is 6.92 Å². The van der Waals surface area contributed by atoms with Gasteiger partial charge in [-0.05, 0) is 54.8 Å². The van der Waals surface area contributed by atoms with Gasteiger partial charge < -0.3 is 9.84 Å². The van der Waals surface area contributed by atoms with Crippen molar-refractivity contribution in [3.05, 3.63) is 64.2 Å². The van der Waals surface area contributed by atoms with Crippen molar-refractivity contribution in [3.63, 3.8) is 0 Å². The highest BCUT2D eigenvalue weighted by Crippen LogP contribution is 2.27. The van der Waals surface area contributed by atoms with Crippen LogP contribution < -0.4 is 4.74 Å². The minimum Gasteiger partial charge on any atom is -0.494 e. The van der Waals surface area contributed by atoms with E-state index in [1.807, 2.05) is 26.0 Å². The van der Waals surface area contributed by atoms with Gasteiger partial charge in [-0.3, -0.25) is 0 Å². The topological polar surface area (TPSA) is 46.5 Å². The normalized spacial score (nSPS) is 11.3. The van der Waals surface area contributed by atoms with E-state index in [4.69, 9.17) is 16.3 Å². The Morgan fingerprint density at radius 1 is 1.27 bits per heavy atom. The van der Waals surface area contributed by atoms with Crippen molar-refractivity contribution >= 4 is 29.2 Å². The molecule has 0 atom stereocenters. The summed E-state index contributed by atoms with van der Waals surface area (Å²) in [5.74, 6) is -0.239. The number of rotatable bonds is 5. The lowest BCUT2D eigenvalue weighted by molar-refractivity contribution is -0.130. The van der Waals surface area contributed by atoms with Gasteiger partial charge >= 0.3 is 5.97 Å². The van der Waals surface area contributed by atoms with Crippen LogP contribution in [0.3, 0.4) is 0 Å². The van der Waals surface area contributed by atoms with E-state index >= 15 is 0 Å². The number of ether oxygens (including phenoxy) is 1. The van der Waals surface area contributed by atoms with Crippen LogP contribution in [0.2, 0.25) is 5.02 Å². The van der Waals surface area contributed by atoms with Gasteiger partial charge in [-0.1, -0.05) is 35.9 Å². The summed E-state index contributed by atoms with van der Waals surface area (Å²) in [6.45, 7) is 4.37. The molecule has 22 heavy (non-hydrogen) atoms. The van der Waals surface area contributed by atoms with Gasteiger partial charge in [-0.2, -0.15) is 0 Å². The van der Waals surface area contributed by atoms with E-state index in [0.717, 1.165) is 11.3 Å². The molecule has 1 N–H and O–H groups in total. The molecule has 3 nitrogen and oxygen atoms in total. The Morgan fingerprint density at radius 2 is 2.00 bits per heavy atom. The van der Waals surface area contributed by atoms with Crippen LogP contribution in [0.15, 0.2) is 42.5 Å². The Balaban J connectivity index is 2.47. The quantitative estimate of drug-likeness (QED) is 0.644. The van der Waals surface area contributed by atoms with Gasteiger partial charge in [0.25, 0.3) is 0 Å². The molecule has 114 valence electrons. The highest BCUT2D eigenvalue weighted by Gasteiger charge is 2.13. The first-order chi connectivity index (χ1) is 10.5. The first kappa shape index (κ1) is 16.1. The van der Waals surface area contributed by atoms with Crippen LogP contribution >= 0.6 is 11.6 Å². The summed E-state index contributed by atoms with van der Waals surface area (Å²) in [7, 11) is 0. The predicted molar refractivity (Wildman–Crippen MR) is 89.3 cm³/mol. The van der Waals surface area contributed by atoms with Gasteiger partial charge in [0.1, 0.15) is 5.75 Å². The Morgan fingerprint density at radius 3 is 2.59 bits per heavy atom. The highest BCUT2D eigenvalue weighted by molar-refractivity contribution is 6.33. The minimum absolute atomic E-state index is 0.194. The molecule has 0 amide bonds. The molecule has 2 aromatic rings. The number of aryl methyl sites for hydroxylation is 1. The largest absolute Gasteiger partial charge is 0.494 e. The fourth-order valence-electron chi connectivity index (χ4n) is 2.15. The van der Waals surface area contributed by atoms with Crippen LogP contribution in [-0.4, -0.2) is 17.7 Å². The maximum atomic E-state index is 11.6. The van der Waals surface area contributed by atoms with Gasteiger partial charge in [0.05, 0.1) is 12.2 Å². The average molecular weight is 317 g/mol. The predicted octanol–water partition coefficient (Wildman–Crippen LogP) is 4.67. The molecule has 2 rings (SSSR count). The molecule has 0 aliphatic rings. The summed E-state index contributed by atoms with van der Waals surface area (Å²) in [4.78, 5) is 11.6. The van der Waals surface area contributed by atoms with E-state index in [9.17, 15) is 9.90 Å². The fraction of sp³-hybridized carbons (Fsp3) is 0.167. The molecule has 0 aromatic heterocycles. The van der Waals surface area contributed by atoms with E-state index in [1.54, 1.807) is 36.4 Å².